The molecule has 1 heterocycles. The minimum absolute atomic E-state index is 0.00783. The minimum Gasteiger partial charge on any atom is -0.476 e. The van der Waals surface area contributed by atoms with Gasteiger partial charge in [0.25, 0.3) is 0 Å². The summed E-state index contributed by atoms with van der Waals surface area (Å²) in [5.74, 6) is -2.52. The van der Waals surface area contributed by atoms with Crippen molar-refractivity contribution in [3.63, 3.8) is 0 Å². The van der Waals surface area contributed by atoms with Gasteiger partial charge in [-0.1, -0.05) is 157 Å². The molecule has 0 aliphatic rings. The molecule has 1 unspecified atom stereocenters. The number of carboxylic acid groups (broad SMARTS) is 1. The van der Waals surface area contributed by atoms with Crippen LogP contribution in [0, 0.1) is 11.3 Å². The number of hydrogen-bond acceptors (Lipinski definition) is 15. The lowest BCUT2D eigenvalue weighted by atomic mass is 9.77. The summed E-state index contributed by atoms with van der Waals surface area (Å²) in [6, 6.07) is 52.5. The number of esters is 1. The van der Waals surface area contributed by atoms with Crippen molar-refractivity contribution in [3.8, 4) is 17.6 Å². The van der Waals surface area contributed by atoms with E-state index in [-0.39, 0.29) is 61.7 Å². The van der Waals surface area contributed by atoms with E-state index >= 15 is 0 Å². The number of ether oxygens (including phenoxy) is 7. The second kappa shape index (κ2) is 25.5. The van der Waals surface area contributed by atoms with E-state index in [1.54, 1.807) is 0 Å². The van der Waals surface area contributed by atoms with Gasteiger partial charge in [0.1, 0.15) is 17.3 Å². The van der Waals surface area contributed by atoms with Crippen LogP contribution in [0.4, 0.5) is 5.13 Å². The number of hydrogen-bond donors (Lipinski definition) is 2. The van der Waals surface area contributed by atoms with Crippen LogP contribution in [-0.2, 0) is 43.6 Å². The molecule has 0 radical (unpaired) electrons. The number of carbonyl (C=O) groups is 2. The highest BCUT2D eigenvalue weighted by atomic mass is 32.1. The van der Waals surface area contributed by atoms with Gasteiger partial charge in [0.05, 0.1) is 32.0 Å². The molecule has 0 aliphatic heterocycles. The Labute approximate surface area is 409 Å². The molecule has 16 heteroatoms. The van der Waals surface area contributed by atoms with Crippen molar-refractivity contribution in [3.05, 3.63) is 214 Å². The molecule has 1 atom stereocenters. The summed E-state index contributed by atoms with van der Waals surface area (Å²) in [4.78, 5) is 38.7. The SMILES string of the molecule is COCCOCOc1cc(C(ON=C(C(=O)O)c2csc(NC(c3ccccc3)(c3ccccc3)c3ccccc3)n2)C(=O)OC(c2ccccc2)c2ccccc2)cc(C#N)c1OCOCCOC. The molecule has 0 fully saturated rings. The first kappa shape index (κ1) is 50.0. The zero-order valence-electron chi connectivity index (χ0n) is 38.3. The van der Waals surface area contributed by atoms with Crippen LogP contribution in [0.2, 0.25) is 0 Å². The zero-order chi connectivity index (χ0) is 49.0. The topological polar surface area (TPSA) is 189 Å². The fourth-order valence-corrected chi connectivity index (χ4v) is 8.16. The van der Waals surface area contributed by atoms with Crippen molar-refractivity contribution < 1.29 is 52.7 Å². The first-order valence-corrected chi connectivity index (χ1v) is 22.9. The summed E-state index contributed by atoms with van der Waals surface area (Å²) in [6.45, 7) is 0.376. The van der Waals surface area contributed by atoms with E-state index in [1.165, 1.54) is 31.7 Å². The van der Waals surface area contributed by atoms with Crippen LogP contribution in [0.5, 0.6) is 11.5 Å². The molecule has 0 saturated heterocycles. The summed E-state index contributed by atoms with van der Waals surface area (Å²) in [6.07, 6.45) is -2.74. The van der Waals surface area contributed by atoms with Crippen LogP contribution in [0.1, 0.15) is 56.8 Å². The smallest absolute Gasteiger partial charge is 0.360 e. The van der Waals surface area contributed by atoms with Gasteiger partial charge in [-0.25, -0.2) is 14.6 Å². The number of aromatic nitrogens is 1. The average molecular weight is 963 g/mol. The van der Waals surface area contributed by atoms with Gasteiger partial charge in [0, 0.05) is 25.2 Å². The predicted molar refractivity (Wildman–Crippen MR) is 262 cm³/mol. The average Bonchev–Trinajstić information content (AvgIpc) is 3.87. The summed E-state index contributed by atoms with van der Waals surface area (Å²) in [5.41, 5.74) is 2.27. The number of nitriles is 1. The van der Waals surface area contributed by atoms with E-state index in [0.29, 0.717) is 22.9 Å². The summed E-state index contributed by atoms with van der Waals surface area (Å²) in [7, 11) is 3.06. The third-order valence-corrected chi connectivity index (χ3v) is 11.5. The standard InChI is InChI=1S/C54H50N4O11S/c1-62-28-30-64-36-66-46-33-40(32-41(34-55)49(46)67-37-65-31-29-63-2)50(52(61)68-48(38-18-8-3-9-19-38)39-20-10-4-11-21-39)69-58-47(51(59)60)45-35-70-53(56-45)57-54(42-22-12-5-13-23-42,43-24-14-6-15-25-43)44-26-16-7-17-27-44/h3-27,32-33,35,48,50H,28-31,36-37H2,1-2H3,(H,56,57)(H,59,60). The second-order valence-corrected chi connectivity index (χ2v) is 16.1. The molecule has 6 aromatic carbocycles. The summed E-state index contributed by atoms with van der Waals surface area (Å²) in [5, 5.41) is 30.9. The Kier molecular flexibility index (Phi) is 18.2. The highest BCUT2D eigenvalue weighted by Gasteiger charge is 2.38. The maximum atomic E-state index is 14.8. The van der Waals surface area contributed by atoms with Crippen molar-refractivity contribution in [2.45, 2.75) is 17.7 Å². The van der Waals surface area contributed by atoms with E-state index < -0.39 is 35.4 Å². The molecule has 358 valence electrons. The lowest BCUT2D eigenvalue weighted by Crippen LogP contribution is -2.38. The first-order valence-electron chi connectivity index (χ1n) is 22.0. The van der Waals surface area contributed by atoms with Crippen molar-refractivity contribution in [1.29, 1.82) is 5.26 Å². The number of anilines is 1. The number of thiazole rings is 1. The normalized spacial score (nSPS) is 11.9. The number of rotatable bonds is 26. The fraction of sp³-hybridized carbons (Fsp3) is 0.204. The van der Waals surface area contributed by atoms with Gasteiger partial charge >= 0.3 is 11.9 Å². The fourth-order valence-electron chi connectivity index (χ4n) is 7.41. The molecule has 0 bridgehead atoms. The number of benzene rings is 6. The van der Waals surface area contributed by atoms with E-state index in [1.807, 2.05) is 152 Å². The third-order valence-electron chi connectivity index (χ3n) is 10.7. The van der Waals surface area contributed by atoms with Gasteiger partial charge in [-0.05, 0) is 39.9 Å². The van der Waals surface area contributed by atoms with Crippen molar-refractivity contribution in [2.24, 2.45) is 5.16 Å². The number of carbonyl (C=O) groups excluding carboxylic acids is 1. The van der Waals surface area contributed by atoms with Gasteiger partial charge < -0.3 is 48.4 Å². The van der Waals surface area contributed by atoms with Gasteiger partial charge in [-0.15, -0.1) is 11.3 Å². The molecule has 2 N–H and O–H groups in total. The number of oxime groups is 1. The minimum atomic E-state index is -1.79. The summed E-state index contributed by atoms with van der Waals surface area (Å²) < 4.78 is 39.4. The maximum Gasteiger partial charge on any atom is 0.360 e. The van der Waals surface area contributed by atoms with Crippen LogP contribution in [0.15, 0.2) is 174 Å². The molecule has 7 rings (SSSR count). The number of methoxy groups -OCH3 is 2. The number of aliphatic carboxylic acids is 1. The molecular weight excluding hydrogens is 913 g/mol. The number of nitrogens with zero attached hydrogens (tertiary/aromatic N) is 3. The van der Waals surface area contributed by atoms with Gasteiger partial charge in [-0.2, -0.15) is 5.26 Å². The lowest BCUT2D eigenvalue weighted by molar-refractivity contribution is -0.162. The molecule has 1 aromatic heterocycles. The van der Waals surface area contributed by atoms with Crippen LogP contribution in [-0.4, -0.2) is 82.0 Å². The summed E-state index contributed by atoms with van der Waals surface area (Å²) >= 11 is 1.16. The van der Waals surface area contributed by atoms with Crippen LogP contribution >= 0.6 is 11.3 Å². The Morgan fingerprint density at radius 1 is 0.700 bits per heavy atom. The Morgan fingerprint density at radius 3 is 1.69 bits per heavy atom. The maximum absolute atomic E-state index is 14.8. The van der Waals surface area contributed by atoms with Gasteiger partial charge in [0.2, 0.25) is 11.8 Å². The highest BCUT2D eigenvalue weighted by Crippen LogP contribution is 2.41. The van der Waals surface area contributed by atoms with Crippen molar-refractivity contribution in [2.75, 3.05) is 59.5 Å². The van der Waals surface area contributed by atoms with E-state index in [0.717, 1.165) is 28.0 Å². The second-order valence-electron chi connectivity index (χ2n) is 15.2. The molecule has 0 saturated carbocycles. The van der Waals surface area contributed by atoms with E-state index in [4.69, 9.17) is 43.0 Å². The Bertz CT molecular complexity index is 2680. The zero-order valence-corrected chi connectivity index (χ0v) is 39.2. The monoisotopic (exact) mass is 962 g/mol. The Morgan fingerprint density at radius 2 is 1.20 bits per heavy atom. The Hall–Kier alpha value is -7.91. The predicted octanol–water partition coefficient (Wildman–Crippen LogP) is 9.30. The molecule has 0 aliphatic carbocycles. The number of nitrogens with one attached hydrogen (secondary N) is 1. The molecule has 70 heavy (non-hydrogen) atoms. The molecular formula is C54H50N4O11S. The van der Waals surface area contributed by atoms with Crippen LogP contribution in [0.25, 0.3) is 0 Å². The first-order chi connectivity index (χ1) is 34.4. The van der Waals surface area contributed by atoms with Crippen LogP contribution < -0.4 is 14.8 Å². The largest absolute Gasteiger partial charge is 0.476 e. The third kappa shape index (κ3) is 12.6. The van der Waals surface area contributed by atoms with Gasteiger partial charge in [0.15, 0.2) is 36.3 Å². The molecule has 7 aromatic rings. The molecule has 0 spiro atoms. The quantitative estimate of drug-likeness (QED) is 0.0130. The van der Waals surface area contributed by atoms with Gasteiger partial charge in [-0.3, -0.25) is 0 Å². The van der Waals surface area contributed by atoms with Crippen molar-refractivity contribution in [1.82, 2.24) is 4.98 Å². The number of carboxylic acids is 1. The van der Waals surface area contributed by atoms with Crippen molar-refractivity contribution >= 4 is 34.1 Å². The highest BCUT2D eigenvalue weighted by molar-refractivity contribution is 7.14. The van der Waals surface area contributed by atoms with E-state index in [2.05, 4.69) is 16.5 Å². The lowest BCUT2D eigenvalue weighted by Gasteiger charge is -2.36. The Balaban J connectivity index is 1.29. The van der Waals surface area contributed by atoms with Crippen LogP contribution in [0.3, 0.4) is 0 Å². The van der Waals surface area contributed by atoms with E-state index in [9.17, 15) is 20.0 Å². The molecule has 15 nitrogen and oxygen atoms in total. The molecule has 0 amide bonds.